The Bertz CT molecular complexity index is 820. The number of hydrogen-bond acceptors (Lipinski definition) is 4. The first-order chi connectivity index (χ1) is 11.6. The molecule has 2 rings (SSSR count). The normalized spacial score (nSPS) is 11.3. The first-order valence-corrected chi connectivity index (χ1v) is 8.32. The van der Waals surface area contributed by atoms with Crippen molar-refractivity contribution in [3.05, 3.63) is 57.0 Å². The van der Waals surface area contributed by atoms with Gasteiger partial charge in [0.25, 0.3) is 11.5 Å². The van der Waals surface area contributed by atoms with Crippen LogP contribution < -0.4 is 10.9 Å². The maximum Gasteiger partial charge on any atom is 0.288 e. The molecule has 1 N–H and O–H groups in total. The van der Waals surface area contributed by atoms with Gasteiger partial charge in [-0.05, 0) is 38.5 Å². The SMILES string of the molecule is CN(C)C(=O)c1ccc(CNc2cnn(C(C)(C)C)c(=O)c2Cl)cc1. The number of aromatic nitrogens is 2. The summed E-state index contributed by atoms with van der Waals surface area (Å²) in [7, 11) is 3.43. The van der Waals surface area contributed by atoms with Crippen LogP contribution in [0.15, 0.2) is 35.3 Å². The van der Waals surface area contributed by atoms with Gasteiger partial charge in [0, 0.05) is 26.2 Å². The summed E-state index contributed by atoms with van der Waals surface area (Å²) in [4.78, 5) is 25.7. The molecule has 134 valence electrons. The lowest BCUT2D eigenvalue weighted by molar-refractivity contribution is 0.0827. The number of nitrogens with zero attached hydrogens (tertiary/aromatic N) is 3. The molecule has 0 unspecified atom stereocenters. The third-order valence-corrected chi connectivity index (χ3v) is 4.01. The number of hydrogen-bond donors (Lipinski definition) is 1. The van der Waals surface area contributed by atoms with E-state index in [2.05, 4.69) is 10.4 Å². The van der Waals surface area contributed by atoms with Crippen LogP contribution in [0.5, 0.6) is 0 Å². The van der Waals surface area contributed by atoms with Crippen molar-refractivity contribution in [2.24, 2.45) is 0 Å². The Morgan fingerprint density at radius 1 is 1.24 bits per heavy atom. The van der Waals surface area contributed by atoms with Gasteiger partial charge in [0.1, 0.15) is 5.02 Å². The minimum atomic E-state index is -0.436. The predicted octanol–water partition coefficient (Wildman–Crippen LogP) is 2.97. The van der Waals surface area contributed by atoms with Gasteiger partial charge in [-0.2, -0.15) is 5.10 Å². The van der Waals surface area contributed by atoms with Crippen LogP contribution in [-0.4, -0.2) is 34.7 Å². The zero-order valence-corrected chi connectivity index (χ0v) is 15.9. The molecule has 0 saturated carbocycles. The van der Waals surface area contributed by atoms with Gasteiger partial charge in [-0.25, -0.2) is 4.68 Å². The fourth-order valence-corrected chi connectivity index (χ4v) is 2.45. The van der Waals surface area contributed by atoms with E-state index in [0.717, 1.165) is 5.56 Å². The molecular weight excluding hydrogens is 340 g/mol. The standard InChI is InChI=1S/C18H23ClN4O2/c1-18(2,3)23-17(25)15(19)14(11-21-23)20-10-12-6-8-13(9-7-12)16(24)22(4)5/h6-9,11,20H,10H2,1-5H3. The quantitative estimate of drug-likeness (QED) is 0.908. The fraction of sp³-hybridized carbons (Fsp3) is 0.389. The van der Waals surface area contributed by atoms with Crippen molar-refractivity contribution in [1.82, 2.24) is 14.7 Å². The van der Waals surface area contributed by atoms with E-state index in [1.54, 1.807) is 32.4 Å². The average molecular weight is 363 g/mol. The zero-order chi connectivity index (χ0) is 18.8. The summed E-state index contributed by atoms with van der Waals surface area (Å²) in [5.74, 6) is -0.0439. The molecule has 0 aliphatic rings. The van der Waals surface area contributed by atoms with E-state index in [0.29, 0.717) is 17.8 Å². The molecule has 0 atom stereocenters. The van der Waals surface area contributed by atoms with Crippen molar-refractivity contribution in [3.8, 4) is 0 Å². The highest BCUT2D eigenvalue weighted by Gasteiger charge is 2.19. The van der Waals surface area contributed by atoms with E-state index >= 15 is 0 Å². The molecule has 0 radical (unpaired) electrons. The molecule has 1 heterocycles. The van der Waals surface area contributed by atoms with Crippen molar-refractivity contribution in [1.29, 1.82) is 0 Å². The number of rotatable bonds is 4. The minimum Gasteiger partial charge on any atom is -0.378 e. The molecule has 0 aliphatic carbocycles. The monoisotopic (exact) mass is 362 g/mol. The molecule has 0 saturated heterocycles. The molecule has 0 aliphatic heterocycles. The van der Waals surface area contributed by atoms with Crippen molar-refractivity contribution in [2.75, 3.05) is 19.4 Å². The van der Waals surface area contributed by atoms with Crippen LogP contribution in [0.1, 0.15) is 36.7 Å². The summed E-state index contributed by atoms with van der Waals surface area (Å²) >= 11 is 6.19. The van der Waals surface area contributed by atoms with Crippen molar-refractivity contribution in [3.63, 3.8) is 0 Å². The molecule has 1 aromatic heterocycles. The topological polar surface area (TPSA) is 67.2 Å². The number of amides is 1. The summed E-state index contributed by atoms with van der Waals surface area (Å²) in [5.41, 5.74) is 1.31. The van der Waals surface area contributed by atoms with Crippen LogP contribution in [0.2, 0.25) is 5.02 Å². The Morgan fingerprint density at radius 3 is 2.36 bits per heavy atom. The number of halogens is 1. The number of nitrogens with one attached hydrogen (secondary N) is 1. The maximum atomic E-state index is 12.3. The van der Waals surface area contributed by atoms with Gasteiger partial charge in [-0.15, -0.1) is 0 Å². The Morgan fingerprint density at radius 2 is 1.84 bits per heavy atom. The van der Waals surface area contributed by atoms with Crippen LogP contribution in [0.3, 0.4) is 0 Å². The van der Waals surface area contributed by atoms with Crippen molar-refractivity contribution in [2.45, 2.75) is 32.9 Å². The zero-order valence-electron chi connectivity index (χ0n) is 15.1. The van der Waals surface area contributed by atoms with Crippen molar-refractivity contribution < 1.29 is 4.79 Å². The summed E-state index contributed by atoms with van der Waals surface area (Å²) in [5, 5.41) is 7.42. The average Bonchev–Trinajstić information content (AvgIpc) is 2.54. The predicted molar refractivity (Wildman–Crippen MR) is 100 cm³/mol. The molecule has 0 fully saturated rings. The van der Waals surface area contributed by atoms with Crippen LogP contribution in [0.25, 0.3) is 0 Å². The minimum absolute atomic E-state index is 0.0439. The lowest BCUT2D eigenvalue weighted by atomic mass is 10.1. The van der Waals surface area contributed by atoms with E-state index in [1.165, 1.54) is 9.58 Å². The first-order valence-electron chi connectivity index (χ1n) is 7.94. The van der Waals surface area contributed by atoms with Gasteiger partial charge in [-0.1, -0.05) is 23.7 Å². The lowest BCUT2D eigenvalue weighted by Crippen LogP contribution is -2.36. The van der Waals surface area contributed by atoms with Gasteiger partial charge in [-0.3, -0.25) is 9.59 Å². The smallest absolute Gasteiger partial charge is 0.288 e. The highest BCUT2D eigenvalue weighted by molar-refractivity contribution is 6.32. The maximum absolute atomic E-state index is 12.3. The Hall–Kier alpha value is -2.34. The molecule has 0 bridgehead atoms. The highest BCUT2D eigenvalue weighted by Crippen LogP contribution is 2.19. The van der Waals surface area contributed by atoms with Crippen LogP contribution in [0.4, 0.5) is 5.69 Å². The number of anilines is 1. The second-order valence-corrected chi connectivity index (χ2v) is 7.39. The summed E-state index contributed by atoms with van der Waals surface area (Å²) in [6.07, 6.45) is 1.55. The number of carbonyl (C=O) groups is 1. The van der Waals surface area contributed by atoms with E-state index in [9.17, 15) is 9.59 Å². The highest BCUT2D eigenvalue weighted by atomic mass is 35.5. The van der Waals surface area contributed by atoms with Crippen LogP contribution in [0, 0.1) is 0 Å². The third kappa shape index (κ3) is 4.39. The van der Waals surface area contributed by atoms with Crippen LogP contribution in [-0.2, 0) is 12.1 Å². The Labute approximate surface area is 152 Å². The van der Waals surface area contributed by atoms with Gasteiger partial charge in [0.15, 0.2) is 0 Å². The van der Waals surface area contributed by atoms with Gasteiger partial charge in [0.2, 0.25) is 0 Å². The second-order valence-electron chi connectivity index (χ2n) is 7.01. The van der Waals surface area contributed by atoms with Gasteiger partial charge in [0.05, 0.1) is 17.4 Å². The molecule has 6 nitrogen and oxygen atoms in total. The Balaban J connectivity index is 2.13. The molecule has 7 heteroatoms. The van der Waals surface area contributed by atoms with Crippen LogP contribution >= 0.6 is 11.6 Å². The molecule has 1 amide bonds. The number of benzene rings is 1. The molecule has 0 spiro atoms. The number of carbonyl (C=O) groups excluding carboxylic acids is 1. The summed E-state index contributed by atoms with van der Waals surface area (Å²) in [6, 6.07) is 7.27. The van der Waals surface area contributed by atoms with Crippen molar-refractivity contribution >= 4 is 23.2 Å². The van der Waals surface area contributed by atoms with E-state index < -0.39 is 5.54 Å². The second kappa shape index (κ2) is 7.27. The molecular formula is C18H23ClN4O2. The summed E-state index contributed by atoms with van der Waals surface area (Å²) < 4.78 is 1.36. The first kappa shape index (κ1) is 19.0. The Kier molecular flexibility index (Phi) is 5.52. The largest absolute Gasteiger partial charge is 0.378 e. The third-order valence-electron chi connectivity index (χ3n) is 3.64. The lowest BCUT2D eigenvalue weighted by Gasteiger charge is -2.21. The molecule has 2 aromatic rings. The molecule has 1 aromatic carbocycles. The van der Waals surface area contributed by atoms with Gasteiger partial charge >= 0.3 is 0 Å². The van der Waals surface area contributed by atoms with E-state index in [1.807, 2.05) is 32.9 Å². The van der Waals surface area contributed by atoms with E-state index in [-0.39, 0.29) is 16.5 Å². The molecule has 25 heavy (non-hydrogen) atoms. The summed E-state index contributed by atoms with van der Waals surface area (Å²) in [6.45, 7) is 6.14. The van der Waals surface area contributed by atoms with E-state index in [4.69, 9.17) is 11.6 Å². The fourth-order valence-electron chi connectivity index (χ4n) is 2.25. The van der Waals surface area contributed by atoms with Gasteiger partial charge < -0.3 is 10.2 Å².